The Morgan fingerprint density at radius 2 is 2.17 bits per heavy atom. The average Bonchev–Trinajstić information content (AvgIpc) is 2.45. The van der Waals surface area contributed by atoms with Crippen LogP contribution in [0.2, 0.25) is 0 Å². The summed E-state index contributed by atoms with van der Waals surface area (Å²) in [5, 5.41) is 2.93. The normalized spacial score (nSPS) is 18.8. The molecule has 1 aromatic heterocycles. The minimum Gasteiger partial charge on any atom is -0.352 e. The van der Waals surface area contributed by atoms with Crippen LogP contribution in [0.4, 0.5) is 0 Å². The van der Waals surface area contributed by atoms with Gasteiger partial charge < -0.3 is 15.2 Å². The summed E-state index contributed by atoms with van der Waals surface area (Å²) in [5.74, 6) is 1.07. The third-order valence-electron chi connectivity index (χ3n) is 4.66. The van der Waals surface area contributed by atoms with Crippen molar-refractivity contribution in [3.05, 3.63) is 33.2 Å². The molecule has 0 unspecified atom stereocenters. The van der Waals surface area contributed by atoms with Gasteiger partial charge in [0.25, 0.3) is 11.5 Å². The molecular formula is C19H31N3O2. The van der Waals surface area contributed by atoms with Crippen molar-refractivity contribution in [2.45, 2.75) is 47.0 Å². The highest BCUT2D eigenvalue weighted by molar-refractivity contribution is 5.95. The number of likely N-dealkylation sites (tertiary alicyclic amines) is 1. The van der Waals surface area contributed by atoms with Crippen LogP contribution in [0.25, 0.3) is 0 Å². The number of hydrogen-bond donors (Lipinski definition) is 2. The molecule has 0 bridgehead atoms. The molecular weight excluding hydrogens is 302 g/mol. The lowest BCUT2D eigenvalue weighted by molar-refractivity contribution is 0.0943. The Kier molecular flexibility index (Phi) is 6.60. The van der Waals surface area contributed by atoms with Crippen molar-refractivity contribution in [2.24, 2.45) is 11.8 Å². The van der Waals surface area contributed by atoms with E-state index in [1.807, 2.05) is 19.9 Å². The average molecular weight is 333 g/mol. The van der Waals surface area contributed by atoms with E-state index in [0.717, 1.165) is 30.8 Å². The number of aromatic amines is 1. The molecule has 24 heavy (non-hydrogen) atoms. The monoisotopic (exact) mass is 333 g/mol. The van der Waals surface area contributed by atoms with E-state index in [-0.39, 0.29) is 17.0 Å². The molecule has 0 radical (unpaired) electrons. The molecule has 5 nitrogen and oxygen atoms in total. The summed E-state index contributed by atoms with van der Waals surface area (Å²) in [6.07, 6.45) is 3.44. The summed E-state index contributed by atoms with van der Waals surface area (Å²) >= 11 is 0. The molecule has 0 saturated carbocycles. The van der Waals surface area contributed by atoms with Gasteiger partial charge >= 0.3 is 0 Å². The first-order valence-corrected chi connectivity index (χ1v) is 9.08. The minimum atomic E-state index is -0.300. The maximum Gasteiger partial charge on any atom is 0.261 e. The number of piperidine rings is 1. The van der Waals surface area contributed by atoms with Crippen molar-refractivity contribution in [3.63, 3.8) is 0 Å². The fourth-order valence-corrected chi connectivity index (χ4v) is 3.68. The van der Waals surface area contributed by atoms with Crippen LogP contribution in [0, 0.1) is 25.7 Å². The SMILES string of the molecule is Cc1cc(C)c(C(=O)NCC[C@@H]2CCCN(CC(C)C)C2)c(=O)[nH]1. The Bertz CT molecular complexity index is 622. The van der Waals surface area contributed by atoms with Crippen LogP contribution in [0.5, 0.6) is 0 Å². The molecule has 1 saturated heterocycles. The quantitative estimate of drug-likeness (QED) is 0.840. The zero-order valence-electron chi connectivity index (χ0n) is 15.4. The van der Waals surface area contributed by atoms with Crippen molar-refractivity contribution < 1.29 is 4.79 Å². The van der Waals surface area contributed by atoms with Crippen molar-refractivity contribution in [1.82, 2.24) is 15.2 Å². The van der Waals surface area contributed by atoms with E-state index in [2.05, 4.69) is 29.0 Å². The molecule has 1 amide bonds. The number of hydrogen-bond acceptors (Lipinski definition) is 3. The summed E-state index contributed by atoms with van der Waals surface area (Å²) < 4.78 is 0. The van der Waals surface area contributed by atoms with E-state index in [4.69, 9.17) is 0 Å². The number of amides is 1. The molecule has 2 N–H and O–H groups in total. The minimum absolute atomic E-state index is 0.241. The van der Waals surface area contributed by atoms with Crippen molar-refractivity contribution in [2.75, 3.05) is 26.2 Å². The molecule has 1 atom stereocenters. The van der Waals surface area contributed by atoms with E-state index in [9.17, 15) is 9.59 Å². The largest absolute Gasteiger partial charge is 0.352 e. The third kappa shape index (κ3) is 5.20. The number of nitrogens with one attached hydrogen (secondary N) is 2. The Morgan fingerprint density at radius 3 is 2.83 bits per heavy atom. The van der Waals surface area contributed by atoms with Gasteiger partial charge in [-0.3, -0.25) is 9.59 Å². The van der Waals surface area contributed by atoms with Gasteiger partial charge in [-0.15, -0.1) is 0 Å². The van der Waals surface area contributed by atoms with Gasteiger partial charge in [0.05, 0.1) is 0 Å². The molecule has 1 aliphatic heterocycles. The number of rotatable bonds is 6. The van der Waals surface area contributed by atoms with Gasteiger partial charge in [-0.1, -0.05) is 13.8 Å². The first-order valence-electron chi connectivity index (χ1n) is 9.08. The van der Waals surface area contributed by atoms with Crippen molar-refractivity contribution >= 4 is 5.91 Å². The molecule has 2 heterocycles. The number of H-pyrrole nitrogens is 1. The van der Waals surface area contributed by atoms with Gasteiger partial charge in [0.15, 0.2) is 0 Å². The molecule has 0 aliphatic carbocycles. The molecule has 1 aliphatic rings. The van der Waals surface area contributed by atoms with E-state index >= 15 is 0 Å². The van der Waals surface area contributed by atoms with Crippen LogP contribution in [0.1, 0.15) is 54.7 Å². The second-order valence-electron chi connectivity index (χ2n) is 7.55. The fourth-order valence-electron chi connectivity index (χ4n) is 3.68. The molecule has 0 aromatic carbocycles. The molecule has 1 fully saturated rings. The highest BCUT2D eigenvalue weighted by Crippen LogP contribution is 2.20. The predicted octanol–water partition coefficient (Wildman–Crippen LogP) is 2.48. The molecule has 134 valence electrons. The smallest absolute Gasteiger partial charge is 0.261 e. The van der Waals surface area contributed by atoms with Gasteiger partial charge in [0.2, 0.25) is 0 Å². The van der Waals surface area contributed by atoms with E-state index in [0.29, 0.717) is 18.4 Å². The lowest BCUT2D eigenvalue weighted by Gasteiger charge is -2.33. The Morgan fingerprint density at radius 1 is 1.42 bits per heavy atom. The van der Waals surface area contributed by atoms with Crippen LogP contribution in [0.3, 0.4) is 0 Å². The highest BCUT2D eigenvalue weighted by atomic mass is 16.2. The predicted molar refractivity (Wildman–Crippen MR) is 97.5 cm³/mol. The van der Waals surface area contributed by atoms with E-state index in [1.165, 1.54) is 19.4 Å². The van der Waals surface area contributed by atoms with Gasteiger partial charge in [-0.2, -0.15) is 0 Å². The fraction of sp³-hybridized carbons (Fsp3) is 0.684. The van der Waals surface area contributed by atoms with Gasteiger partial charge in [0, 0.05) is 25.3 Å². The van der Waals surface area contributed by atoms with Crippen molar-refractivity contribution in [1.29, 1.82) is 0 Å². The summed E-state index contributed by atoms with van der Waals surface area (Å²) in [7, 11) is 0. The summed E-state index contributed by atoms with van der Waals surface area (Å²) in [6, 6.07) is 1.83. The Hall–Kier alpha value is -1.62. The van der Waals surface area contributed by atoms with Crippen molar-refractivity contribution in [3.8, 4) is 0 Å². The summed E-state index contributed by atoms with van der Waals surface area (Å²) in [5.41, 5.74) is 1.45. The molecule has 5 heteroatoms. The van der Waals surface area contributed by atoms with Crippen LogP contribution < -0.4 is 10.9 Å². The Balaban J connectivity index is 1.84. The standard InChI is InChI=1S/C19H31N3O2/c1-13(2)11-22-9-5-6-16(12-22)7-8-20-18(23)17-14(3)10-15(4)21-19(17)24/h10,13,16H,5-9,11-12H2,1-4H3,(H,20,23)(H,21,24)/t16-/m0/s1. The number of carbonyl (C=O) groups is 1. The number of aryl methyl sites for hydroxylation is 2. The third-order valence-corrected chi connectivity index (χ3v) is 4.66. The van der Waals surface area contributed by atoms with Gasteiger partial charge in [-0.25, -0.2) is 0 Å². The lowest BCUT2D eigenvalue weighted by Crippen LogP contribution is -2.39. The zero-order chi connectivity index (χ0) is 17.7. The van der Waals surface area contributed by atoms with E-state index < -0.39 is 0 Å². The van der Waals surface area contributed by atoms with E-state index in [1.54, 1.807) is 0 Å². The van der Waals surface area contributed by atoms with Crippen LogP contribution in [-0.2, 0) is 0 Å². The number of aromatic nitrogens is 1. The summed E-state index contributed by atoms with van der Waals surface area (Å²) in [4.78, 5) is 29.5. The highest BCUT2D eigenvalue weighted by Gasteiger charge is 2.21. The maximum atomic E-state index is 12.3. The second kappa shape index (κ2) is 8.47. The summed E-state index contributed by atoms with van der Waals surface area (Å²) in [6.45, 7) is 12.2. The molecule has 0 spiro atoms. The maximum absolute atomic E-state index is 12.3. The number of carbonyl (C=O) groups excluding carboxylic acids is 1. The topological polar surface area (TPSA) is 65.2 Å². The zero-order valence-corrected chi connectivity index (χ0v) is 15.4. The van der Waals surface area contributed by atoms with Gasteiger partial charge in [0.1, 0.15) is 5.56 Å². The van der Waals surface area contributed by atoms with Crippen LogP contribution in [-0.4, -0.2) is 42.0 Å². The molecule has 1 aromatic rings. The van der Waals surface area contributed by atoms with Crippen LogP contribution in [0.15, 0.2) is 10.9 Å². The molecule has 2 rings (SSSR count). The first kappa shape index (κ1) is 18.7. The Labute approximate surface area is 144 Å². The lowest BCUT2D eigenvalue weighted by atomic mass is 9.94. The number of nitrogens with zero attached hydrogens (tertiary/aromatic N) is 1. The first-order chi connectivity index (χ1) is 11.4. The number of pyridine rings is 1. The van der Waals surface area contributed by atoms with Crippen LogP contribution >= 0.6 is 0 Å². The van der Waals surface area contributed by atoms with Gasteiger partial charge in [-0.05, 0) is 63.1 Å². The second-order valence-corrected chi connectivity index (χ2v) is 7.55.